The molecule has 0 bridgehead atoms. The average molecular weight is 338 g/mol. The summed E-state index contributed by atoms with van der Waals surface area (Å²) in [5, 5.41) is 7.39. The average Bonchev–Trinajstić information content (AvgIpc) is 3.05. The van der Waals surface area contributed by atoms with E-state index < -0.39 is 0 Å². The third-order valence-corrected chi connectivity index (χ3v) is 3.90. The first-order valence-electron chi connectivity index (χ1n) is 6.71. The third-order valence-electron chi connectivity index (χ3n) is 3.43. The Kier molecular flexibility index (Phi) is 3.60. The van der Waals surface area contributed by atoms with Crippen molar-refractivity contribution in [2.24, 2.45) is 0 Å². The number of hydrogen-bond acceptors (Lipinski definition) is 4. The van der Waals surface area contributed by atoms with Crippen LogP contribution in [0.15, 0.2) is 22.8 Å². The van der Waals surface area contributed by atoms with Gasteiger partial charge in [0.15, 0.2) is 5.65 Å². The van der Waals surface area contributed by atoms with E-state index in [0.29, 0.717) is 5.95 Å². The van der Waals surface area contributed by atoms with Crippen molar-refractivity contribution < 1.29 is 4.79 Å². The topological polar surface area (TPSA) is 62.5 Å². The number of hydrogen-bond donors (Lipinski definition) is 1. The fraction of sp³-hybridized carbons (Fsp3) is 0.462. The quantitative estimate of drug-likeness (QED) is 0.929. The fourth-order valence-electron chi connectivity index (χ4n) is 2.39. The minimum atomic E-state index is -0.311. The Morgan fingerprint density at radius 3 is 2.90 bits per heavy atom. The standard InChI is InChI=1S/C13H16BrN5O/c1-9(12(20)18-6-2-3-7-18)15-13-16-11-5-4-10(14)8-19(11)17-13/h4-5,8-9H,2-3,6-7H2,1H3,(H,15,17). The van der Waals surface area contributed by atoms with E-state index in [1.807, 2.05) is 30.2 Å². The number of rotatable bonds is 3. The second-order valence-electron chi connectivity index (χ2n) is 4.98. The minimum Gasteiger partial charge on any atom is -0.341 e. The zero-order valence-corrected chi connectivity index (χ0v) is 12.8. The summed E-state index contributed by atoms with van der Waals surface area (Å²) in [4.78, 5) is 18.5. The van der Waals surface area contributed by atoms with E-state index in [1.54, 1.807) is 4.52 Å². The number of amides is 1. The maximum Gasteiger partial charge on any atom is 0.244 e. The highest BCUT2D eigenvalue weighted by Gasteiger charge is 2.23. The van der Waals surface area contributed by atoms with Crippen molar-refractivity contribution in [3.05, 3.63) is 22.8 Å². The van der Waals surface area contributed by atoms with Crippen LogP contribution in [0.5, 0.6) is 0 Å². The van der Waals surface area contributed by atoms with Gasteiger partial charge in [-0.1, -0.05) is 0 Å². The molecular weight excluding hydrogens is 322 g/mol. The smallest absolute Gasteiger partial charge is 0.244 e. The van der Waals surface area contributed by atoms with Crippen molar-refractivity contribution >= 4 is 33.4 Å². The Morgan fingerprint density at radius 2 is 2.15 bits per heavy atom. The second kappa shape index (κ2) is 5.40. The Labute approximate surface area is 125 Å². The molecule has 1 aliphatic heterocycles. The van der Waals surface area contributed by atoms with Crippen LogP contribution < -0.4 is 5.32 Å². The van der Waals surface area contributed by atoms with Crippen LogP contribution >= 0.6 is 15.9 Å². The van der Waals surface area contributed by atoms with Crippen LogP contribution in [0.4, 0.5) is 5.95 Å². The maximum atomic E-state index is 12.2. The SMILES string of the molecule is CC(Nc1nc2ccc(Br)cn2n1)C(=O)N1CCCC1. The Morgan fingerprint density at radius 1 is 1.40 bits per heavy atom. The molecule has 3 rings (SSSR count). The zero-order valence-electron chi connectivity index (χ0n) is 11.2. The molecule has 0 saturated carbocycles. The number of carbonyl (C=O) groups is 1. The van der Waals surface area contributed by atoms with Crippen LogP contribution in [-0.4, -0.2) is 44.5 Å². The highest BCUT2D eigenvalue weighted by molar-refractivity contribution is 9.10. The predicted octanol–water partition coefficient (Wildman–Crippen LogP) is 1.91. The molecule has 20 heavy (non-hydrogen) atoms. The number of likely N-dealkylation sites (tertiary alicyclic amines) is 1. The van der Waals surface area contributed by atoms with Crippen LogP contribution in [0.2, 0.25) is 0 Å². The lowest BCUT2D eigenvalue weighted by Gasteiger charge is -2.20. The summed E-state index contributed by atoms with van der Waals surface area (Å²) in [6, 6.07) is 3.47. The summed E-state index contributed by atoms with van der Waals surface area (Å²) < 4.78 is 2.61. The summed E-state index contributed by atoms with van der Waals surface area (Å²) in [6.07, 6.45) is 4.03. The summed E-state index contributed by atoms with van der Waals surface area (Å²) in [6.45, 7) is 3.56. The number of nitrogens with zero attached hydrogens (tertiary/aromatic N) is 4. The lowest BCUT2D eigenvalue weighted by atomic mass is 10.3. The molecule has 0 aliphatic carbocycles. The van der Waals surface area contributed by atoms with Gasteiger partial charge < -0.3 is 10.2 Å². The number of fused-ring (bicyclic) bond motifs is 1. The van der Waals surface area contributed by atoms with Crippen molar-refractivity contribution in [2.45, 2.75) is 25.8 Å². The Hall–Kier alpha value is -1.63. The van der Waals surface area contributed by atoms with Crippen molar-refractivity contribution in [3.63, 3.8) is 0 Å². The predicted molar refractivity (Wildman–Crippen MR) is 79.6 cm³/mol. The van der Waals surface area contributed by atoms with E-state index in [9.17, 15) is 4.79 Å². The Balaban J connectivity index is 1.73. The first kappa shape index (κ1) is 13.4. The largest absolute Gasteiger partial charge is 0.341 e. The van der Waals surface area contributed by atoms with E-state index in [-0.39, 0.29) is 11.9 Å². The molecule has 106 valence electrons. The van der Waals surface area contributed by atoms with Gasteiger partial charge in [-0.25, -0.2) is 4.52 Å². The van der Waals surface area contributed by atoms with Crippen molar-refractivity contribution in [3.8, 4) is 0 Å². The summed E-state index contributed by atoms with van der Waals surface area (Å²) in [5.41, 5.74) is 0.747. The highest BCUT2D eigenvalue weighted by atomic mass is 79.9. The summed E-state index contributed by atoms with van der Waals surface area (Å²) in [7, 11) is 0. The number of anilines is 1. The van der Waals surface area contributed by atoms with Gasteiger partial charge in [-0.05, 0) is 47.8 Å². The third kappa shape index (κ3) is 2.63. The molecule has 2 aromatic heterocycles. The normalized spacial score (nSPS) is 16.6. The van der Waals surface area contributed by atoms with Gasteiger partial charge >= 0.3 is 0 Å². The Bertz CT molecular complexity index is 635. The first-order chi connectivity index (χ1) is 9.63. The van der Waals surface area contributed by atoms with Crippen molar-refractivity contribution in [1.29, 1.82) is 0 Å². The lowest BCUT2D eigenvalue weighted by Crippen LogP contribution is -2.39. The minimum absolute atomic E-state index is 0.113. The molecule has 1 amide bonds. The van der Waals surface area contributed by atoms with Gasteiger partial charge in [0.1, 0.15) is 6.04 Å². The first-order valence-corrected chi connectivity index (χ1v) is 7.50. The molecule has 1 fully saturated rings. The monoisotopic (exact) mass is 337 g/mol. The molecule has 6 nitrogen and oxygen atoms in total. The number of nitrogens with one attached hydrogen (secondary N) is 1. The molecule has 1 unspecified atom stereocenters. The molecule has 0 spiro atoms. The van der Waals surface area contributed by atoms with Gasteiger partial charge in [-0.2, -0.15) is 4.98 Å². The number of pyridine rings is 1. The van der Waals surface area contributed by atoms with E-state index >= 15 is 0 Å². The molecule has 3 heterocycles. The van der Waals surface area contributed by atoms with Crippen LogP contribution in [-0.2, 0) is 4.79 Å². The van der Waals surface area contributed by atoms with E-state index in [1.165, 1.54) is 0 Å². The summed E-state index contributed by atoms with van der Waals surface area (Å²) in [5.74, 6) is 0.589. The highest BCUT2D eigenvalue weighted by Crippen LogP contribution is 2.14. The molecule has 0 aromatic carbocycles. The molecule has 0 radical (unpaired) electrons. The second-order valence-corrected chi connectivity index (χ2v) is 5.90. The molecule has 2 aromatic rings. The van der Waals surface area contributed by atoms with Gasteiger partial charge in [0, 0.05) is 23.8 Å². The van der Waals surface area contributed by atoms with E-state index in [2.05, 4.69) is 31.3 Å². The van der Waals surface area contributed by atoms with Gasteiger partial charge in [0.25, 0.3) is 0 Å². The fourth-order valence-corrected chi connectivity index (χ4v) is 2.71. The zero-order chi connectivity index (χ0) is 14.1. The molecule has 1 N–H and O–H groups in total. The number of carbonyl (C=O) groups excluding carboxylic acids is 1. The van der Waals surface area contributed by atoms with Crippen LogP contribution in [0.3, 0.4) is 0 Å². The van der Waals surface area contributed by atoms with Crippen LogP contribution in [0.25, 0.3) is 5.65 Å². The van der Waals surface area contributed by atoms with Gasteiger partial charge in [-0.3, -0.25) is 4.79 Å². The maximum absolute atomic E-state index is 12.2. The van der Waals surface area contributed by atoms with Crippen molar-refractivity contribution in [1.82, 2.24) is 19.5 Å². The van der Waals surface area contributed by atoms with E-state index in [4.69, 9.17) is 0 Å². The van der Waals surface area contributed by atoms with Gasteiger partial charge in [0.2, 0.25) is 11.9 Å². The molecular formula is C13H16BrN5O. The van der Waals surface area contributed by atoms with Crippen LogP contribution in [0.1, 0.15) is 19.8 Å². The molecule has 1 saturated heterocycles. The van der Waals surface area contributed by atoms with Crippen LogP contribution in [0, 0.1) is 0 Å². The lowest BCUT2D eigenvalue weighted by molar-refractivity contribution is -0.130. The van der Waals surface area contributed by atoms with Gasteiger partial charge in [0.05, 0.1) is 0 Å². The molecule has 1 atom stereocenters. The van der Waals surface area contributed by atoms with Crippen molar-refractivity contribution in [2.75, 3.05) is 18.4 Å². The van der Waals surface area contributed by atoms with E-state index in [0.717, 1.165) is 36.1 Å². The summed E-state index contributed by atoms with van der Waals surface area (Å²) >= 11 is 3.39. The molecule has 1 aliphatic rings. The molecule has 7 heteroatoms. The number of halogens is 1. The number of aromatic nitrogens is 3. The van der Waals surface area contributed by atoms with Gasteiger partial charge in [-0.15, -0.1) is 5.10 Å².